The van der Waals surface area contributed by atoms with Crippen LogP contribution in [0.5, 0.6) is 0 Å². The van der Waals surface area contributed by atoms with Crippen LogP contribution in [0.4, 0.5) is 11.8 Å². The van der Waals surface area contributed by atoms with Gasteiger partial charge in [-0.15, -0.1) is 0 Å². The van der Waals surface area contributed by atoms with Crippen molar-refractivity contribution in [1.29, 1.82) is 0 Å². The van der Waals surface area contributed by atoms with Crippen molar-refractivity contribution < 1.29 is 13.2 Å². The molecule has 10 nitrogen and oxygen atoms in total. The quantitative estimate of drug-likeness (QED) is 0.285. The Morgan fingerprint density at radius 3 is 2.72 bits per heavy atom. The van der Waals surface area contributed by atoms with Gasteiger partial charge in [-0.3, -0.25) is 4.72 Å². The summed E-state index contributed by atoms with van der Waals surface area (Å²) in [5.74, 6) is 0.771. The summed E-state index contributed by atoms with van der Waals surface area (Å²) in [6.45, 7) is 3.58. The molecule has 4 heterocycles. The molecule has 6 rings (SSSR count). The number of nitrogens with zero attached hydrogens (tertiary/aromatic N) is 5. The van der Waals surface area contributed by atoms with Crippen LogP contribution >= 0.6 is 11.6 Å². The second-order valence-electron chi connectivity index (χ2n) is 9.31. The van der Waals surface area contributed by atoms with Crippen LogP contribution in [-0.4, -0.2) is 52.2 Å². The van der Waals surface area contributed by atoms with Gasteiger partial charge in [0.15, 0.2) is 5.82 Å². The number of sulfonamides is 1. The summed E-state index contributed by atoms with van der Waals surface area (Å²) in [7, 11) is -3.96. The number of fused-ring (bicyclic) bond motifs is 2. The Hall–Kier alpha value is -3.80. The number of aromatic nitrogens is 5. The van der Waals surface area contributed by atoms with Crippen LogP contribution in [0.2, 0.25) is 5.02 Å². The van der Waals surface area contributed by atoms with Gasteiger partial charge in [0, 0.05) is 36.4 Å². The SMILES string of the molecule is CCc1cc(-c2ccc3c(NS(=O)(=O)c4ccccc4Cl)ncnn23)cc2cnc(NC3CCOCC3)nc12. The normalized spacial score (nSPS) is 14.6. The Bertz CT molecular complexity index is 1790. The van der Waals surface area contributed by atoms with Crippen LogP contribution in [0.3, 0.4) is 0 Å². The Balaban J connectivity index is 1.36. The minimum atomic E-state index is -3.96. The van der Waals surface area contributed by atoms with Crippen molar-refractivity contribution in [2.45, 2.75) is 37.1 Å². The Labute approximate surface area is 230 Å². The Morgan fingerprint density at radius 1 is 1.10 bits per heavy atom. The summed E-state index contributed by atoms with van der Waals surface area (Å²) in [6.07, 6.45) is 5.79. The standard InChI is InChI=1S/C27H26ClN7O3S/c1-2-17-13-18(14-19-15-29-27(33-25(17)19)32-20-9-11-38-12-10-20)22-7-8-23-26(30-16-31-35(22)23)34-39(36,37)24-6-4-3-5-21(24)28/h3-8,13-16,20H,2,9-12H2,1H3,(H,29,32,33)(H,30,31,34). The summed E-state index contributed by atoms with van der Waals surface area (Å²) in [5, 5.41) is 8.88. The highest BCUT2D eigenvalue weighted by Gasteiger charge is 2.21. The van der Waals surface area contributed by atoms with Gasteiger partial charge in [-0.1, -0.05) is 30.7 Å². The fraction of sp³-hybridized carbons (Fsp3) is 0.259. The molecular weight excluding hydrogens is 538 g/mol. The highest BCUT2D eigenvalue weighted by Crippen LogP contribution is 2.31. The predicted molar refractivity (Wildman–Crippen MR) is 151 cm³/mol. The molecule has 12 heteroatoms. The van der Waals surface area contributed by atoms with Crippen molar-refractivity contribution in [3.8, 4) is 11.3 Å². The molecule has 2 aromatic carbocycles. The van der Waals surface area contributed by atoms with E-state index in [9.17, 15) is 8.42 Å². The van der Waals surface area contributed by atoms with E-state index in [1.165, 1.54) is 18.5 Å². The van der Waals surface area contributed by atoms with Gasteiger partial charge in [-0.05, 0) is 61.2 Å². The van der Waals surface area contributed by atoms with Crippen molar-refractivity contribution in [3.05, 3.63) is 71.6 Å². The third kappa shape index (κ3) is 5.00. The number of hydrogen-bond donors (Lipinski definition) is 2. The summed E-state index contributed by atoms with van der Waals surface area (Å²) < 4.78 is 35.7. The number of halogens is 1. The highest BCUT2D eigenvalue weighted by atomic mass is 35.5. The van der Waals surface area contributed by atoms with Gasteiger partial charge in [0.2, 0.25) is 5.95 Å². The number of benzene rings is 2. The average Bonchev–Trinajstić information content (AvgIpc) is 3.38. The van der Waals surface area contributed by atoms with Crippen molar-refractivity contribution >= 4 is 49.8 Å². The first-order valence-corrected chi connectivity index (χ1v) is 14.5. The van der Waals surface area contributed by atoms with E-state index < -0.39 is 10.0 Å². The lowest BCUT2D eigenvalue weighted by molar-refractivity contribution is 0.0903. The molecule has 0 spiro atoms. The van der Waals surface area contributed by atoms with Gasteiger partial charge in [0.25, 0.3) is 10.0 Å². The number of aryl methyl sites for hydroxylation is 1. The van der Waals surface area contributed by atoms with E-state index >= 15 is 0 Å². The fourth-order valence-corrected chi connectivity index (χ4v) is 6.35. The molecule has 0 bridgehead atoms. The molecule has 0 radical (unpaired) electrons. The summed E-state index contributed by atoms with van der Waals surface area (Å²) in [5.41, 5.74) is 4.17. The van der Waals surface area contributed by atoms with Crippen LogP contribution < -0.4 is 10.0 Å². The minimum Gasteiger partial charge on any atom is -0.381 e. The zero-order valence-corrected chi connectivity index (χ0v) is 22.7. The van der Waals surface area contributed by atoms with Crippen LogP contribution in [0.15, 0.2) is 66.0 Å². The van der Waals surface area contributed by atoms with Crippen molar-refractivity contribution in [3.63, 3.8) is 0 Å². The van der Waals surface area contributed by atoms with Crippen molar-refractivity contribution in [2.75, 3.05) is 23.3 Å². The maximum absolute atomic E-state index is 13.0. The minimum absolute atomic E-state index is 0.0250. The molecule has 0 unspecified atom stereocenters. The van der Waals surface area contributed by atoms with Gasteiger partial charge >= 0.3 is 0 Å². The van der Waals surface area contributed by atoms with Crippen LogP contribution in [0.1, 0.15) is 25.3 Å². The van der Waals surface area contributed by atoms with E-state index in [4.69, 9.17) is 21.3 Å². The molecule has 1 fully saturated rings. The largest absolute Gasteiger partial charge is 0.381 e. The van der Waals surface area contributed by atoms with Gasteiger partial charge < -0.3 is 10.1 Å². The molecule has 1 saturated heterocycles. The van der Waals surface area contributed by atoms with E-state index in [0.717, 1.165) is 60.2 Å². The van der Waals surface area contributed by atoms with Crippen molar-refractivity contribution in [2.24, 2.45) is 0 Å². The van der Waals surface area contributed by atoms with Gasteiger partial charge in [-0.25, -0.2) is 27.9 Å². The predicted octanol–water partition coefficient (Wildman–Crippen LogP) is 4.95. The first kappa shape index (κ1) is 25.5. The first-order valence-electron chi connectivity index (χ1n) is 12.7. The monoisotopic (exact) mass is 563 g/mol. The lowest BCUT2D eigenvalue weighted by atomic mass is 10.0. The molecule has 0 saturated carbocycles. The van der Waals surface area contributed by atoms with E-state index in [1.807, 2.05) is 18.3 Å². The maximum Gasteiger partial charge on any atom is 0.264 e. The molecule has 200 valence electrons. The second kappa shape index (κ2) is 10.4. The number of rotatable bonds is 7. The topological polar surface area (TPSA) is 123 Å². The average molecular weight is 564 g/mol. The lowest BCUT2D eigenvalue weighted by Gasteiger charge is -2.23. The third-order valence-corrected chi connectivity index (χ3v) is 8.64. The molecule has 3 aromatic heterocycles. The maximum atomic E-state index is 13.0. The summed E-state index contributed by atoms with van der Waals surface area (Å²) in [6, 6.07) is 14.3. The summed E-state index contributed by atoms with van der Waals surface area (Å²) in [4.78, 5) is 13.6. The molecule has 0 atom stereocenters. The van der Waals surface area contributed by atoms with E-state index in [-0.39, 0.29) is 15.7 Å². The molecule has 0 amide bonds. The zero-order chi connectivity index (χ0) is 27.0. The van der Waals surface area contributed by atoms with Gasteiger partial charge in [0.1, 0.15) is 16.7 Å². The molecule has 5 aromatic rings. The van der Waals surface area contributed by atoms with Crippen LogP contribution in [0, 0.1) is 0 Å². The highest BCUT2D eigenvalue weighted by molar-refractivity contribution is 7.92. The second-order valence-corrected chi connectivity index (χ2v) is 11.4. The van der Waals surface area contributed by atoms with Gasteiger partial charge in [-0.2, -0.15) is 5.10 Å². The number of nitrogens with one attached hydrogen (secondary N) is 2. The van der Waals surface area contributed by atoms with E-state index in [2.05, 4.69) is 38.1 Å². The molecule has 2 N–H and O–H groups in total. The zero-order valence-electron chi connectivity index (χ0n) is 21.1. The van der Waals surface area contributed by atoms with Crippen LogP contribution in [-0.2, 0) is 21.2 Å². The smallest absolute Gasteiger partial charge is 0.264 e. The molecule has 1 aliphatic rings. The number of anilines is 2. The van der Waals surface area contributed by atoms with E-state index in [1.54, 1.807) is 22.7 Å². The number of hydrogen-bond acceptors (Lipinski definition) is 8. The lowest BCUT2D eigenvalue weighted by Crippen LogP contribution is -2.28. The van der Waals surface area contributed by atoms with Crippen LogP contribution in [0.25, 0.3) is 27.7 Å². The summed E-state index contributed by atoms with van der Waals surface area (Å²) >= 11 is 6.14. The first-order chi connectivity index (χ1) is 18.9. The van der Waals surface area contributed by atoms with E-state index in [0.29, 0.717) is 17.5 Å². The third-order valence-electron chi connectivity index (χ3n) is 6.80. The van der Waals surface area contributed by atoms with Gasteiger partial charge in [0.05, 0.1) is 16.2 Å². The Kier molecular flexibility index (Phi) is 6.79. The Morgan fingerprint density at radius 2 is 1.92 bits per heavy atom. The fourth-order valence-electron chi connectivity index (χ4n) is 4.81. The molecular formula is C27H26ClN7O3S. The van der Waals surface area contributed by atoms with Crippen molar-refractivity contribution in [1.82, 2.24) is 24.6 Å². The number of ether oxygens (including phenoxy) is 1. The molecule has 39 heavy (non-hydrogen) atoms. The molecule has 1 aliphatic heterocycles. The molecule has 0 aliphatic carbocycles.